The van der Waals surface area contributed by atoms with E-state index in [4.69, 9.17) is 0 Å². The van der Waals surface area contributed by atoms with E-state index >= 15 is 0 Å². The van der Waals surface area contributed by atoms with Gasteiger partial charge in [0, 0.05) is 30.4 Å². The molecule has 3 aromatic rings. The minimum absolute atomic E-state index is 0.0686. The Morgan fingerprint density at radius 2 is 1.53 bits per heavy atom. The van der Waals surface area contributed by atoms with Crippen LogP contribution in [0.15, 0.2) is 66.7 Å². The van der Waals surface area contributed by atoms with Crippen molar-refractivity contribution in [1.29, 1.82) is 0 Å². The van der Waals surface area contributed by atoms with E-state index in [0.29, 0.717) is 6.54 Å². The summed E-state index contributed by atoms with van der Waals surface area (Å²) in [5.41, 5.74) is 5.06. The first-order chi connectivity index (χ1) is 15.5. The summed E-state index contributed by atoms with van der Waals surface area (Å²) in [6.07, 6.45) is 3.52. The number of anilines is 1. The van der Waals surface area contributed by atoms with Crippen molar-refractivity contribution in [1.82, 2.24) is 0 Å². The first-order valence-electron chi connectivity index (χ1n) is 10.8. The Balaban J connectivity index is 1.64. The summed E-state index contributed by atoms with van der Waals surface area (Å²) >= 11 is 0. The Hall–Kier alpha value is -3.58. The number of rotatable bonds is 7. The molecule has 0 aliphatic carbocycles. The lowest BCUT2D eigenvalue weighted by atomic mass is 10.1. The van der Waals surface area contributed by atoms with Crippen LogP contribution in [-0.2, 0) is 17.7 Å². The second-order valence-corrected chi connectivity index (χ2v) is 7.76. The number of unbranched alkanes of at least 4 members (excludes halogenated alkanes) is 1. The number of carbonyl (C=O) groups excluding carboxylic acids is 1. The maximum atomic E-state index is 13.9. The van der Waals surface area contributed by atoms with Crippen LogP contribution in [0, 0.1) is 17.7 Å². The second-order valence-electron chi connectivity index (χ2n) is 7.76. The molecule has 0 bridgehead atoms. The van der Waals surface area contributed by atoms with Gasteiger partial charge in [-0.15, -0.1) is 0 Å². The zero-order chi connectivity index (χ0) is 22.9. The molecule has 0 spiro atoms. The molecule has 3 aromatic carbocycles. The molecule has 164 valence electrons. The first kappa shape index (κ1) is 23.1. The van der Waals surface area contributed by atoms with Gasteiger partial charge in [0.2, 0.25) is 0 Å². The number of carbonyl (C=O) groups is 1. The van der Waals surface area contributed by atoms with Crippen LogP contribution in [-0.4, -0.2) is 20.1 Å². The largest absolute Gasteiger partial charge is 0.465 e. The fourth-order valence-electron chi connectivity index (χ4n) is 3.36. The normalized spacial score (nSPS) is 10.2. The Bertz CT molecular complexity index is 1110. The molecule has 32 heavy (non-hydrogen) atoms. The predicted octanol–water partition coefficient (Wildman–Crippen LogP) is 5.99. The summed E-state index contributed by atoms with van der Waals surface area (Å²) in [5.74, 6) is 5.16. The summed E-state index contributed by atoms with van der Waals surface area (Å²) < 4.78 is 18.5. The quantitative estimate of drug-likeness (QED) is 0.341. The van der Waals surface area contributed by atoms with Crippen LogP contribution >= 0.6 is 0 Å². The van der Waals surface area contributed by atoms with Crippen molar-refractivity contribution in [2.75, 3.05) is 19.1 Å². The van der Waals surface area contributed by atoms with Crippen molar-refractivity contribution in [3.8, 4) is 11.8 Å². The summed E-state index contributed by atoms with van der Waals surface area (Å²) in [7, 11) is 3.14. The third-order valence-corrected chi connectivity index (χ3v) is 5.29. The van der Waals surface area contributed by atoms with Gasteiger partial charge >= 0.3 is 5.97 Å². The molecule has 0 fully saturated rings. The Kier molecular flexibility index (Phi) is 8.05. The van der Waals surface area contributed by atoms with E-state index in [-0.39, 0.29) is 5.56 Å². The van der Waals surface area contributed by atoms with Crippen molar-refractivity contribution in [3.05, 3.63) is 100 Å². The SMILES string of the molecule is CCCCc1ccc(C#Cc2ccc(CN(C)c3ccc(F)c(C(=O)OC)c3)cc2)cc1. The topological polar surface area (TPSA) is 29.5 Å². The van der Waals surface area contributed by atoms with Gasteiger partial charge in [0.05, 0.1) is 12.7 Å². The Labute approximate surface area is 189 Å². The van der Waals surface area contributed by atoms with Gasteiger partial charge < -0.3 is 9.64 Å². The monoisotopic (exact) mass is 429 g/mol. The first-order valence-corrected chi connectivity index (χ1v) is 10.8. The lowest BCUT2D eigenvalue weighted by Gasteiger charge is -2.20. The lowest BCUT2D eigenvalue weighted by molar-refractivity contribution is 0.0595. The van der Waals surface area contributed by atoms with Crippen LogP contribution in [0.5, 0.6) is 0 Å². The Morgan fingerprint density at radius 1 is 0.938 bits per heavy atom. The molecule has 3 rings (SSSR count). The molecule has 3 nitrogen and oxygen atoms in total. The third-order valence-electron chi connectivity index (χ3n) is 5.29. The van der Waals surface area contributed by atoms with Crippen molar-refractivity contribution in [2.45, 2.75) is 32.7 Å². The molecule has 0 radical (unpaired) electrons. The molecule has 0 aliphatic rings. The van der Waals surface area contributed by atoms with E-state index in [9.17, 15) is 9.18 Å². The minimum atomic E-state index is -0.684. The molecule has 0 unspecified atom stereocenters. The van der Waals surface area contributed by atoms with Crippen LogP contribution in [0.4, 0.5) is 10.1 Å². The van der Waals surface area contributed by atoms with Crippen molar-refractivity contribution in [2.24, 2.45) is 0 Å². The number of ether oxygens (including phenoxy) is 1. The maximum Gasteiger partial charge on any atom is 0.340 e. The van der Waals surface area contributed by atoms with E-state index in [1.165, 1.54) is 37.6 Å². The van der Waals surface area contributed by atoms with E-state index in [1.807, 2.05) is 36.2 Å². The van der Waals surface area contributed by atoms with Gasteiger partial charge in [0.1, 0.15) is 5.82 Å². The molecule has 0 N–H and O–H groups in total. The highest BCUT2D eigenvalue weighted by atomic mass is 19.1. The number of hydrogen-bond donors (Lipinski definition) is 0. The Morgan fingerprint density at radius 3 is 2.09 bits per heavy atom. The van der Waals surface area contributed by atoms with Crippen molar-refractivity contribution >= 4 is 11.7 Å². The zero-order valence-electron chi connectivity index (χ0n) is 18.8. The minimum Gasteiger partial charge on any atom is -0.465 e. The van der Waals surface area contributed by atoms with Crippen LogP contribution in [0.25, 0.3) is 0 Å². The van der Waals surface area contributed by atoms with Crippen LogP contribution in [0.2, 0.25) is 0 Å². The molecule has 0 saturated heterocycles. The number of esters is 1. The molecule has 0 atom stereocenters. The average Bonchev–Trinajstić information content (AvgIpc) is 2.82. The standard InChI is InChI=1S/C28H28FNO2/c1-4-5-6-21-7-9-22(10-8-21)11-12-23-13-15-24(16-14-23)20-30(2)25-17-18-27(29)26(19-25)28(31)32-3/h7-10,13-19H,4-6,20H2,1-3H3. The summed E-state index contributed by atoms with van der Waals surface area (Å²) in [5, 5.41) is 0. The fourth-order valence-corrected chi connectivity index (χ4v) is 3.36. The van der Waals surface area contributed by atoms with Gasteiger partial charge in [0.25, 0.3) is 0 Å². The second kappa shape index (κ2) is 11.2. The zero-order valence-corrected chi connectivity index (χ0v) is 18.8. The van der Waals surface area contributed by atoms with Gasteiger partial charge in [-0.3, -0.25) is 0 Å². The predicted molar refractivity (Wildman–Crippen MR) is 127 cm³/mol. The van der Waals surface area contributed by atoms with Crippen LogP contribution in [0.3, 0.4) is 0 Å². The van der Waals surface area contributed by atoms with Gasteiger partial charge in [-0.05, 0) is 66.4 Å². The lowest BCUT2D eigenvalue weighted by Crippen LogP contribution is -2.17. The van der Waals surface area contributed by atoms with Gasteiger partial charge in [-0.1, -0.05) is 49.5 Å². The molecular formula is C28H28FNO2. The average molecular weight is 430 g/mol. The molecular weight excluding hydrogens is 401 g/mol. The maximum absolute atomic E-state index is 13.9. The number of aryl methyl sites for hydroxylation is 1. The number of benzene rings is 3. The smallest absolute Gasteiger partial charge is 0.340 e. The summed E-state index contributed by atoms with van der Waals surface area (Å²) in [6.45, 7) is 2.81. The highest BCUT2D eigenvalue weighted by molar-refractivity contribution is 5.90. The molecule has 0 aromatic heterocycles. The van der Waals surface area contributed by atoms with Crippen LogP contribution in [0.1, 0.15) is 52.4 Å². The van der Waals surface area contributed by atoms with Crippen molar-refractivity contribution in [3.63, 3.8) is 0 Å². The molecule has 0 heterocycles. The molecule has 4 heteroatoms. The molecule has 0 aliphatic heterocycles. The van der Waals surface area contributed by atoms with Crippen molar-refractivity contribution < 1.29 is 13.9 Å². The third kappa shape index (κ3) is 6.21. The van der Waals surface area contributed by atoms with Gasteiger partial charge in [0.15, 0.2) is 0 Å². The summed E-state index contributed by atoms with van der Waals surface area (Å²) in [4.78, 5) is 13.7. The van der Waals surface area contributed by atoms with E-state index < -0.39 is 11.8 Å². The molecule has 0 saturated carbocycles. The highest BCUT2D eigenvalue weighted by Crippen LogP contribution is 2.20. The highest BCUT2D eigenvalue weighted by Gasteiger charge is 2.14. The van der Waals surface area contributed by atoms with Gasteiger partial charge in [-0.25, -0.2) is 9.18 Å². The van der Waals surface area contributed by atoms with E-state index in [2.05, 4.69) is 47.8 Å². The van der Waals surface area contributed by atoms with Gasteiger partial charge in [-0.2, -0.15) is 0 Å². The number of hydrogen-bond acceptors (Lipinski definition) is 3. The fraction of sp³-hybridized carbons (Fsp3) is 0.250. The van der Waals surface area contributed by atoms with E-state index in [1.54, 1.807) is 6.07 Å². The molecule has 0 amide bonds. The number of halogens is 1. The summed E-state index contributed by atoms with van der Waals surface area (Å²) in [6, 6.07) is 20.9. The van der Waals surface area contributed by atoms with Crippen LogP contribution < -0.4 is 4.90 Å². The number of nitrogens with zero attached hydrogens (tertiary/aromatic N) is 1. The number of methoxy groups -OCH3 is 1. The van der Waals surface area contributed by atoms with E-state index in [0.717, 1.165) is 28.8 Å².